The van der Waals surface area contributed by atoms with Crippen molar-refractivity contribution in [1.82, 2.24) is 20.4 Å². The van der Waals surface area contributed by atoms with Crippen molar-refractivity contribution in [3.8, 4) is 0 Å². The molecule has 3 rings (SSSR count). The molecule has 3 N–H and O–H groups in total. The van der Waals surface area contributed by atoms with Crippen LogP contribution in [0.4, 0.5) is 0 Å². The summed E-state index contributed by atoms with van der Waals surface area (Å²) in [7, 11) is 0. The Morgan fingerprint density at radius 1 is 1.40 bits per heavy atom. The predicted molar refractivity (Wildman–Crippen MR) is 56.6 cm³/mol. The van der Waals surface area contributed by atoms with Crippen LogP contribution in [0.1, 0.15) is 24.1 Å². The smallest absolute Gasteiger partial charge is 0.271 e. The maximum absolute atomic E-state index is 11.9. The van der Waals surface area contributed by atoms with Crippen molar-refractivity contribution in [2.24, 2.45) is 0 Å². The second-order valence-corrected chi connectivity index (χ2v) is 4.38. The van der Waals surface area contributed by atoms with Gasteiger partial charge in [-0.15, -0.1) is 0 Å². The average molecular weight is 208 g/mol. The topological polar surface area (TPSA) is 61.9 Å². The number of H-pyrrole nitrogens is 1. The van der Waals surface area contributed by atoms with E-state index in [1.54, 1.807) is 4.68 Å². The standard InChI is InChI=1S/C10H16N4O/c15-10-8-4-11-5-9(8)13-14(10)6-7-2-1-3-12-7/h7,11-13H,1-6H2. The molecule has 1 unspecified atom stereocenters. The summed E-state index contributed by atoms with van der Waals surface area (Å²) >= 11 is 0. The van der Waals surface area contributed by atoms with Crippen LogP contribution in [0, 0.1) is 0 Å². The molecule has 2 aliphatic rings. The highest BCUT2D eigenvalue weighted by Crippen LogP contribution is 2.10. The highest BCUT2D eigenvalue weighted by atomic mass is 16.1. The van der Waals surface area contributed by atoms with Crippen molar-refractivity contribution >= 4 is 0 Å². The number of hydrogen-bond acceptors (Lipinski definition) is 3. The zero-order chi connectivity index (χ0) is 10.3. The summed E-state index contributed by atoms with van der Waals surface area (Å²) in [5, 5.41) is 9.76. The number of rotatable bonds is 2. The Morgan fingerprint density at radius 3 is 3.07 bits per heavy atom. The number of aromatic amines is 1. The zero-order valence-corrected chi connectivity index (χ0v) is 8.68. The first-order chi connectivity index (χ1) is 7.34. The third-order valence-electron chi connectivity index (χ3n) is 3.31. The molecular formula is C10H16N4O. The van der Waals surface area contributed by atoms with Crippen LogP contribution in [-0.2, 0) is 19.6 Å². The first-order valence-corrected chi connectivity index (χ1v) is 5.59. The predicted octanol–water partition coefficient (Wildman–Crippen LogP) is -0.468. The van der Waals surface area contributed by atoms with E-state index in [2.05, 4.69) is 15.7 Å². The first-order valence-electron chi connectivity index (χ1n) is 5.59. The van der Waals surface area contributed by atoms with E-state index in [-0.39, 0.29) is 5.56 Å². The van der Waals surface area contributed by atoms with Gasteiger partial charge in [-0.3, -0.25) is 14.6 Å². The largest absolute Gasteiger partial charge is 0.312 e. The molecule has 0 spiro atoms. The molecule has 0 aliphatic carbocycles. The number of fused-ring (bicyclic) bond motifs is 1. The summed E-state index contributed by atoms with van der Waals surface area (Å²) < 4.78 is 1.76. The minimum atomic E-state index is 0.156. The Balaban J connectivity index is 1.83. The van der Waals surface area contributed by atoms with Gasteiger partial charge in [0.05, 0.1) is 17.8 Å². The summed E-state index contributed by atoms with van der Waals surface area (Å²) in [6, 6.07) is 0.467. The molecule has 1 aromatic heterocycles. The fourth-order valence-electron chi connectivity index (χ4n) is 2.48. The van der Waals surface area contributed by atoms with E-state index in [0.717, 1.165) is 37.4 Å². The van der Waals surface area contributed by atoms with Crippen molar-refractivity contribution < 1.29 is 0 Å². The fourth-order valence-corrected chi connectivity index (χ4v) is 2.48. The lowest BCUT2D eigenvalue weighted by atomic mass is 10.2. The summed E-state index contributed by atoms with van der Waals surface area (Å²) in [4.78, 5) is 11.9. The van der Waals surface area contributed by atoms with E-state index in [1.807, 2.05) is 0 Å². The van der Waals surface area contributed by atoms with Gasteiger partial charge in [0.25, 0.3) is 5.56 Å². The van der Waals surface area contributed by atoms with Gasteiger partial charge in [0, 0.05) is 19.1 Å². The van der Waals surface area contributed by atoms with Gasteiger partial charge in [0.2, 0.25) is 0 Å². The monoisotopic (exact) mass is 208 g/mol. The third-order valence-corrected chi connectivity index (χ3v) is 3.31. The van der Waals surface area contributed by atoms with Crippen molar-refractivity contribution in [1.29, 1.82) is 0 Å². The average Bonchev–Trinajstić information content (AvgIpc) is 2.89. The Morgan fingerprint density at radius 2 is 2.33 bits per heavy atom. The van der Waals surface area contributed by atoms with Gasteiger partial charge >= 0.3 is 0 Å². The molecule has 1 aromatic rings. The summed E-state index contributed by atoms with van der Waals surface area (Å²) in [5.74, 6) is 0. The molecular weight excluding hydrogens is 192 g/mol. The first kappa shape index (κ1) is 9.18. The lowest BCUT2D eigenvalue weighted by Gasteiger charge is -2.10. The van der Waals surface area contributed by atoms with Crippen LogP contribution < -0.4 is 16.2 Å². The van der Waals surface area contributed by atoms with Crippen LogP contribution in [0.15, 0.2) is 4.79 Å². The minimum Gasteiger partial charge on any atom is -0.312 e. The molecule has 0 radical (unpaired) electrons. The van der Waals surface area contributed by atoms with Crippen molar-refractivity contribution in [3.05, 3.63) is 21.6 Å². The van der Waals surface area contributed by atoms with Crippen LogP contribution in [-0.4, -0.2) is 22.4 Å². The molecule has 0 saturated carbocycles. The quantitative estimate of drug-likeness (QED) is 0.616. The maximum Gasteiger partial charge on any atom is 0.271 e. The van der Waals surface area contributed by atoms with Gasteiger partial charge in [-0.25, -0.2) is 0 Å². The van der Waals surface area contributed by atoms with Gasteiger partial charge < -0.3 is 10.6 Å². The van der Waals surface area contributed by atoms with Gasteiger partial charge in [0.15, 0.2) is 0 Å². The molecule has 3 heterocycles. The second-order valence-electron chi connectivity index (χ2n) is 4.38. The van der Waals surface area contributed by atoms with Gasteiger partial charge in [-0.05, 0) is 19.4 Å². The fraction of sp³-hybridized carbons (Fsp3) is 0.700. The summed E-state index contributed by atoms with van der Waals surface area (Å²) in [5.41, 5.74) is 2.15. The Hall–Kier alpha value is -1.07. The normalized spacial score (nSPS) is 24.7. The Labute approximate surface area is 87.8 Å². The molecule has 0 bridgehead atoms. The third kappa shape index (κ3) is 1.52. The zero-order valence-electron chi connectivity index (χ0n) is 8.68. The van der Waals surface area contributed by atoms with E-state index in [1.165, 1.54) is 12.8 Å². The van der Waals surface area contributed by atoms with Gasteiger partial charge in [-0.1, -0.05) is 0 Å². The van der Waals surface area contributed by atoms with Crippen LogP contribution in [0.2, 0.25) is 0 Å². The maximum atomic E-state index is 11.9. The lowest BCUT2D eigenvalue weighted by Crippen LogP contribution is -2.32. The number of nitrogens with one attached hydrogen (secondary N) is 3. The molecule has 0 aromatic carbocycles. The van der Waals surface area contributed by atoms with E-state index in [4.69, 9.17) is 0 Å². The molecule has 5 heteroatoms. The highest BCUT2D eigenvalue weighted by molar-refractivity contribution is 5.21. The lowest BCUT2D eigenvalue weighted by molar-refractivity contribution is 0.461. The summed E-state index contributed by atoms with van der Waals surface area (Å²) in [6.45, 7) is 3.39. The minimum absolute atomic E-state index is 0.156. The van der Waals surface area contributed by atoms with Crippen LogP contribution >= 0.6 is 0 Å². The van der Waals surface area contributed by atoms with Crippen LogP contribution in [0.25, 0.3) is 0 Å². The van der Waals surface area contributed by atoms with Crippen molar-refractivity contribution in [3.63, 3.8) is 0 Å². The van der Waals surface area contributed by atoms with E-state index in [9.17, 15) is 4.79 Å². The number of aromatic nitrogens is 2. The van der Waals surface area contributed by atoms with Gasteiger partial charge in [-0.2, -0.15) is 0 Å². The molecule has 15 heavy (non-hydrogen) atoms. The van der Waals surface area contributed by atoms with Crippen molar-refractivity contribution in [2.75, 3.05) is 6.54 Å². The van der Waals surface area contributed by atoms with E-state index in [0.29, 0.717) is 6.04 Å². The second kappa shape index (κ2) is 3.50. The Bertz CT molecular complexity index is 414. The number of nitrogens with zero attached hydrogens (tertiary/aromatic N) is 1. The molecule has 1 fully saturated rings. The summed E-state index contributed by atoms with van der Waals surface area (Å²) in [6.07, 6.45) is 2.40. The van der Waals surface area contributed by atoms with E-state index < -0.39 is 0 Å². The Kier molecular flexibility index (Phi) is 2.14. The molecule has 2 aliphatic heterocycles. The van der Waals surface area contributed by atoms with Crippen molar-refractivity contribution in [2.45, 2.75) is 38.5 Å². The number of hydrogen-bond donors (Lipinski definition) is 3. The molecule has 0 amide bonds. The highest BCUT2D eigenvalue weighted by Gasteiger charge is 2.21. The SMILES string of the molecule is O=c1c2c([nH]n1CC1CCCN1)CNC2. The molecule has 5 nitrogen and oxygen atoms in total. The molecule has 82 valence electrons. The van der Waals surface area contributed by atoms with Crippen LogP contribution in [0.3, 0.4) is 0 Å². The molecule has 1 atom stereocenters. The van der Waals surface area contributed by atoms with E-state index >= 15 is 0 Å². The molecule has 1 saturated heterocycles. The van der Waals surface area contributed by atoms with Crippen LogP contribution in [0.5, 0.6) is 0 Å². The van der Waals surface area contributed by atoms with Gasteiger partial charge in [0.1, 0.15) is 0 Å².